The summed E-state index contributed by atoms with van der Waals surface area (Å²) >= 11 is 0. The number of carbonyl (C=O) groups is 6. The molecule has 5 amide bonds. The highest BCUT2D eigenvalue weighted by Gasteiger charge is 2.37. The van der Waals surface area contributed by atoms with Crippen LogP contribution in [0.1, 0.15) is 46.0 Å². The van der Waals surface area contributed by atoms with Crippen molar-refractivity contribution in [1.29, 1.82) is 0 Å². The van der Waals surface area contributed by atoms with Crippen LogP contribution in [0.15, 0.2) is 0 Å². The number of carbonyl (C=O) groups excluding carboxylic acids is 5. The van der Waals surface area contributed by atoms with Crippen LogP contribution in [-0.2, 0) is 28.8 Å². The maximum absolute atomic E-state index is 12.9. The number of nitrogens with zero attached hydrogens (tertiary/aromatic N) is 1. The normalized spacial score (nSPS) is 18.7. The SMILES string of the molecule is CC(N)C(=O)N1CCCC1C(=O)NC(CO)C(=O)NC(CCCCN)C(=O)NCC(=O)NC(C(=O)O)C(C)O. The minimum absolute atomic E-state index is 0.118. The van der Waals surface area contributed by atoms with Gasteiger partial charge in [0, 0.05) is 6.54 Å². The van der Waals surface area contributed by atoms with Crippen LogP contribution in [0.5, 0.6) is 0 Å². The van der Waals surface area contributed by atoms with E-state index in [2.05, 4.69) is 21.3 Å². The minimum atomic E-state index is -1.58. The van der Waals surface area contributed by atoms with Crippen molar-refractivity contribution in [2.75, 3.05) is 26.2 Å². The van der Waals surface area contributed by atoms with Gasteiger partial charge in [0.2, 0.25) is 29.5 Å². The number of amides is 5. The second-order valence-electron chi connectivity index (χ2n) is 9.41. The molecule has 0 radical (unpaired) electrons. The number of nitrogens with two attached hydrogens (primary N) is 2. The molecule has 222 valence electrons. The van der Waals surface area contributed by atoms with E-state index in [4.69, 9.17) is 16.6 Å². The van der Waals surface area contributed by atoms with E-state index in [9.17, 15) is 39.0 Å². The summed E-state index contributed by atoms with van der Waals surface area (Å²) in [6.45, 7) is 1.91. The van der Waals surface area contributed by atoms with Gasteiger partial charge in [0.25, 0.3) is 0 Å². The fourth-order valence-electron chi connectivity index (χ4n) is 3.96. The average Bonchev–Trinajstić information content (AvgIpc) is 3.37. The molecule has 1 fully saturated rings. The molecule has 0 spiro atoms. The van der Waals surface area contributed by atoms with E-state index >= 15 is 0 Å². The van der Waals surface area contributed by atoms with Gasteiger partial charge in [-0.2, -0.15) is 0 Å². The number of aliphatic hydroxyl groups excluding tert-OH is 2. The van der Waals surface area contributed by atoms with Gasteiger partial charge in [0.1, 0.15) is 18.1 Å². The maximum Gasteiger partial charge on any atom is 0.328 e. The van der Waals surface area contributed by atoms with E-state index < -0.39 is 85.0 Å². The topological polar surface area (TPSA) is 267 Å². The van der Waals surface area contributed by atoms with Crippen LogP contribution < -0.4 is 32.7 Å². The maximum atomic E-state index is 12.9. The summed E-state index contributed by atoms with van der Waals surface area (Å²) in [5, 5.41) is 37.5. The number of unbranched alkanes of at least 4 members (excludes halogenated alkanes) is 1. The van der Waals surface area contributed by atoms with E-state index in [0.717, 1.165) is 0 Å². The summed E-state index contributed by atoms with van der Waals surface area (Å²) in [6, 6.07) is -5.85. The van der Waals surface area contributed by atoms with Gasteiger partial charge in [0.05, 0.1) is 25.3 Å². The first-order valence-electron chi connectivity index (χ1n) is 12.8. The van der Waals surface area contributed by atoms with Gasteiger partial charge in [-0.3, -0.25) is 24.0 Å². The predicted octanol–water partition coefficient (Wildman–Crippen LogP) is -4.52. The smallest absolute Gasteiger partial charge is 0.328 e. The third-order valence-electron chi connectivity index (χ3n) is 6.11. The van der Waals surface area contributed by atoms with Crippen molar-refractivity contribution in [3.8, 4) is 0 Å². The summed E-state index contributed by atoms with van der Waals surface area (Å²) < 4.78 is 0. The van der Waals surface area contributed by atoms with E-state index in [0.29, 0.717) is 38.8 Å². The molecule has 6 unspecified atom stereocenters. The lowest BCUT2D eigenvalue weighted by atomic mass is 10.1. The Bertz CT molecular complexity index is 884. The molecule has 0 aliphatic carbocycles. The molecule has 1 heterocycles. The number of hydrogen-bond acceptors (Lipinski definition) is 10. The van der Waals surface area contributed by atoms with Gasteiger partial charge in [0.15, 0.2) is 6.04 Å². The van der Waals surface area contributed by atoms with E-state index in [1.54, 1.807) is 0 Å². The van der Waals surface area contributed by atoms with Crippen molar-refractivity contribution >= 4 is 35.5 Å². The average molecular weight is 560 g/mol. The molecule has 0 saturated carbocycles. The zero-order valence-electron chi connectivity index (χ0n) is 22.2. The molecule has 1 saturated heterocycles. The molecule has 0 bridgehead atoms. The first-order valence-corrected chi connectivity index (χ1v) is 12.8. The second-order valence-corrected chi connectivity index (χ2v) is 9.41. The Morgan fingerprint density at radius 1 is 1.00 bits per heavy atom. The molecule has 0 aromatic carbocycles. The lowest BCUT2D eigenvalue weighted by Gasteiger charge is -2.27. The number of aliphatic carboxylic acids is 1. The molecule has 6 atom stereocenters. The Kier molecular flexibility index (Phi) is 14.3. The largest absolute Gasteiger partial charge is 0.480 e. The van der Waals surface area contributed by atoms with Gasteiger partial charge in [-0.1, -0.05) is 0 Å². The van der Waals surface area contributed by atoms with E-state index in [-0.39, 0.29) is 6.42 Å². The summed E-state index contributed by atoms with van der Waals surface area (Å²) in [5.41, 5.74) is 11.1. The summed E-state index contributed by atoms with van der Waals surface area (Å²) in [4.78, 5) is 75.3. The first kappa shape index (κ1) is 33.7. The molecular weight excluding hydrogens is 518 g/mol. The van der Waals surface area contributed by atoms with Gasteiger partial charge in [-0.25, -0.2) is 4.79 Å². The van der Waals surface area contributed by atoms with Crippen LogP contribution >= 0.6 is 0 Å². The van der Waals surface area contributed by atoms with Gasteiger partial charge < -0.3 is 53.0 Å². The number of likely N-dealkylation sites (tertiary alicyclic amines) is 1. The summed E-state index contributed by atoms with van der Waals surface area (Å²) in [5.74, 6) is -5.05. The molecule has 0 aromatic rings. The molecule has 39 heavy (non-hydrogen) atoms. The molecule has 1 aliphatic heterocycles. The highest BCUT2D eigenvalue weighted by Crippen LogP contribution is 2.18. The van der Waals surface area contributed by atoms with Crippen LogP contribution in [0.25, 0.3) is 0 Å². The van der Waals surface area contributed by atoms with Gasteiger partial charge >= 0.3 is 5.97 Å². The standard InChI is InChI=1S/C23H41N7O9/c1-12(25)22(37)30-9-5-7-16(30)21(36)28-15(11-31)20(35)27-14(6-3-4-8-24)19(34)26-10-17(33)29-18(13(2)32)23(38)39/h12-16,18,31-32H,3-11,24-25H2,1-2H3,(H,26,34)(H,27,35)(H,28,36)(H,29,33)(H,38,39). The van der Waals surface area contributed by atoms with Crippen LogP contribution in [-0.4, -0.2) is 118 Å². The van der Waals surface area contributed by atoms with Crippen molar-refractivity contribution in [2.45, 2.75) is 82.3 Å². The molecule has 0 aromatic heterocycles. The fourth-order valence-corrected chi connectivity index (χ4v) is 3.96. The Morgan fingerprint density at radius 2 is 1.67 bits per heavy atom. The van der Waals surface area contributed by atoms with Crippen molar-refractivity contribution in [3.05, 3.63) is 0 Å². The Balaban J connectivity index is 2.83. The molecule has 11 N–H and O–H groups in total. The van der Waals surface area contributed by atoms with Crippen molar-refractivity contribution < 1.29 is 44.1 Å². The summed E-state index contributed by atoms with van der Waals surface area (Å²) in [6.07, 6.45) is 0.607. The Hall–Kier alpha value is -3.34. The third kappa shape index (κ3) is 10.7. The zero-order valence-corrected chi connectivity index (χ0v) is 22.2. The predicted molar refractivity (Wildman–Crippen MR) is 136 cm³/mol. The fraction of sp³-hybridized carbons (Fsp3) is 0.739. The molecular formula is C23H41N7O9. The van der Waals surface area contributed by atoms with Crippen molar-refractivity contribution in [3.63, 3.8) is 0 Å². The third-order valence-corrected chi connectivity index (χ3v) is 6.11. The Labute approximate surface area is 226 Å². The van der Waals surface area contributed by atoms with E-state index in [1.807, 2.05) is 0 Å². The molecule has 1 aliphatic rings. The monoisotopic (exact) mass is 559 g/mol. The number of aliphatic hydroxyl groups is 2. The lowest BCUT2D eigenvalue weighted by Crippen LogP contribution is -2.58. The summed E-state index contributed by atoms with van der Waals surface area (Å²) in [7, 11) is 0. The van der Waals surface area contributed by atoms with E-state index in [1.165, 1.54) is 18.7 Å². The molecule has 16 heteroatoms. The Morgan fingerprint density at radius 3 is 2.21 bits per heavy atom. The highest BCUT2D eigenvalue weighted by molar-refractivity contribution is 5.95. The van der Waals surface area contributed by atoms with Gasteiger partial charge in [-0.05, 0) is 52.5 Å². The number of carboxylic acids is 1. The second kappa shape index (κ2) is 16.6. The molecule has 1 rings (SSSR count). The number of carboxylic acid groups (broad SMARTS) is 1. The van der Waals surface area contributed by atoms with Crippen LogP contribution in [0.2, 0.25) is 0 Å². The number of rotatable bonds is 16. The van der Waals surface area contributed by atoms with Crippen molar-refractivity contribution in [1.82, 2.24) is 26.2 Å². The lowest BCUT2D eigenvalue weighted by molar-refractivity contribution is -0.144. The van der Waals surface area contributed by atoms with Crippen LogP contribution in [0.4, 0.5) is 0 Å². The number of nitrogens with one attached hydrogen (secondary N) is 4. The van der Waals surface area contributed by atoms with Crippen LogP contribution in [0.3, 0.4) is 0 Å². The number of hydrogen-bond donors (Lipinski definition) is 9. The highest BCUT2D eigenvalue weighted by atomic mass is 16.4. The first-order chi connectivity index (χ1) is 18.3. The van der Waals surface area contributed by atoms with Crippen molar-refractivity contribution in [2.24, 2.45) is 11.5 Å². The van der Waals surface area contributed by atoms with Crippen LogP contribution in [0, 0.1) is 0 Å². The molecule has 16 nitrogen and oxygen atoms in total. The van der Waals surface area contributed by atoms with Gasteiger partial charge in [-0.15, -0.1) is 0 Å². The minimum Gasteiger partial charge on any atom is -0.480 e. The quantitative estimate of drug-likeness (QED) is 0.0813. The zero-order chi connectivity index (χ0) is 29.7.